The van der Waals surface area contributed by atoms with Gasteiger partial charge in [-0.15, -0.1) is 0 Å². The van der Waals surface area contributed by atoms with Crippen LogP contribution in [-0.2, 0) is 0 Å². The van der Waals surface area contributed by atoms with Crippen molar-refractivity contribution in [3.8, 4) is 0 Å². The van der Waals surface area contributed by atoms with E-state index in [1.807, 2.05) is 0 Å². The lowest BCUT2D eigenvalue weighted by Crippen LogP contribution is -2.62. The maximum atomic E-state index is 2.65. The Morgan fingerprint density at radius 1 is 1.12 bits per heavy atom. The minimum Gasteiger partial charge on any atom is -0.319 e. The largest absolute Gasteiger partial charge is 0.319 e. The van der Waals surface area contributed by atoms with Gasteiger partial charge in [-0.25, -0.2) is 0 Å². The van der Waals surface area contributed by atoms with Crippen molar-refractivity contribution in [2.45, 2.75) is 59.5 Å². The maximum absolute atomic E-state index is 2.65. The highest BCUT2D eigenvalue weighted by molar-refractivity contribution is 5.08. The molecule has 2 nitrogen and oxygen atoms in total. The quantitative estimate of drug-likeness (QED) is 0.647. The molecule has 1 aliphatic heterocycles. The van der Waals surface area contributed by atoms with Crippen LogP contribution < -0.4 is 0 Å². The van der Waals surface area contributed by atoms with Gasteiger partial charge in [0.2, 0.25) is 0 Å². The SMILES string of the molecule is CCC1=C[N+](C)(CC)C(CC)(CC)N1CC. The Hall–Kier alpha value is -0.500. The monoisotopic (exact) mass is 225 g/mol. The van der Waals surface area contributed by atoms with Gasteiger partial charge >= 0.3 is 0 Å². The van der Waals surface area contributed by atoms with E-state index in [1.165, 1.54) is 25.1 Å². The molecule has 1 aliphatic rings. The fourth-order valence-corrected chi connectivity index (χ4v) is 3.58. The van der Waals surface area contributed by atoms with E-state index in [0.717, 1.165) is 17.4 Å². The van der Waals surface area contributed by atoms with Crippen molar-refractivity contribution in [3.63, 3.8) is 0 Å². The molecule has 0 saturated heterocycles. The predicted octanol–water partition coefficient (Wildman–Crippen LogP) is 3.56. The first-order chi connectivity index (χ1) is 7.55. The lowest BCUT2D eigenvalue weighted by Gasteiger charge is -2.48. The molecule has 0 N–H and O–H groups in total. The zero-order valence-electron chi connectivity index (χ0n) is 12.0. The second kappa shape index (κ2) is 4.79. The highest BCUT2D eigenvalue weighted by Crippen LogP contribution is 2.43. The van der Waals surface area contributed by atoms with Gasteiger partial charge in [0.05, 0.1) is 19.3 Å². The van der Waals surface area contributed by atoms with Gasteiger partial charge in [-0.2, -0.15) is 0 Å². The normalized spacial score (nSPS) is 28.4. The summed E-state index contributed by atoms with van der Waals surface area (Å²) in [6.45, 7) is 13.9. The number of hydrogen-bond acceptors (Lipinski definition) is 1. The van der Waals surface area contributed by atoms with E-state index in [2.05, 4.69) is 52.8 Å². The van der Waals surface area contributed by atoms with E-state index >= 15 is 0 Å². The van der Waals surface area contributed by atoms with Crippen molar-refractivity contribution in [2.24, 2.45) is 0 Å². The fraction of sp³-hybridized carbons (Fsp3) is 0.857. The molecule has 0 spiro atoms. The summed E-state index contributed by atoms with van der Waals surface area (Å²) >= 11 is 0. The molecule has 0 aromatic carbocycles. The Morgan fingerprint density at radius 3 is 2.00 bits per heavy atom. The van der Waals surface area contributed by atoms with Crippen molar-refractivity contribution in [1.29, 1.82) is 0 Å². The summed E-state index contributed by atoms with van der Waals surface area (Å²) in [5.74, 6) is 0. The maximum Gasteiger partial charge on any atom is 0.178 e. The molecule has 0 radical (unpaired) electrons. The first-order valence-electron chi connectivity index (χ1n) is 6.89. The Balaban J connectivity index is 3.23. The average molecular weight is 225 g/mol. The summed E-state index contributed by atoms with van der Waals surface area (Å²) in [5.41, 5.74) is 1.84. The number of nitrogens with zero attached hydrogens (tertiary/aromatic N) is 2. The van der Waals surface area contributed by atoms with Gasteiger partial charge in [0.1, 0.15) is 6.20 Å². The molecule has 0 saturated carbocycles. The summed E-state index contributed by atoms with van der Waals surface area (Å²) in [6, 6.07) is 0. The van der Waals surface area contributed by atoms with E-state index in [1.54, 1.807) is 0 Å². The molecule has 0 fully saturated rings. The van der Waals surface area contributed by atoms with Crippen LogP contribution in [0.3, 0.4) is 0 Å². The Kier molecular flexibility index (Phi) is 4.06. The standard InChI is InChI=1S/C14H29N2/c1-7-13-12-16(6,11-5)14(8-2,9-3)15(13)10-4/h12H,7-11H2,1-6H3/q+1. The first-order valence-corrected chi connectivity index (χ1v) is 6.89. The van der Waals surface area contributed by atoms with Crippen LogP contribution in [0.1, 0.15) is 53.9 Å². The van der Waals surface area contributed by atoms with Crippen LogP contribution in [0, 0.1) is 0 Å². The van der Waals surface area contributed by atoms with Crippen molar-refractivity contribution in [3.05, 3.63) is 11.9 Å². The molecule has 2 heteroatoms. The third kappa shape index (κ3) is 1.58. The van der Waals surface area contributed by atoms with Crippen LogP contribution in [0.15, 0.2) is 11.9 Å². The predicted molar refractivity (Wildman–Crippen MR) is 70.8 cm³/mol. The highest BCUT2D eigenvalue weighted by Gasteiger charge is 2.53. The molecule has 0 amide bonds. The summed E-state index contributed by atoms with van der Waals surface area (Å²) in [5, 5.41) is 0. The minimum absolute atomic E-state index is 0.300. The van der Waals surface area contributed by atoms with Gasteiger partial charge in [-0.05, 0) is 20.3 Å². The van der Waals surface area contributed by atoms with Gasteiger partial charge in [-0.3, -0.25) is 4.48 Å². The van der Waals surface area contributed by atoms with Crippen molar-refractivity contribution in [1.82, 2.24) is 4.90 Å². The number of hydrogen-bond donors (Lipinski definition) is 0. The van der Waals surface area contributed by atoms with Gasteiger partial charge in [0, 0.05) is 19.4 Å². The molecule has 1 atom stereocenters. The smallest absolute Gasteiger partial charge is 0.178 e. The second-order valence-electron chi connectivity index (χ2n) is 4.99. The van der Waals surface area contributed by atoms with E-state index in [-0.39, 0.29) is 0 Å². The van der Waals surface area contributed by atoms with E-state index < -0.39 is 0 Å². The zero-order valence-corrected chi connectivity index (χ0v) is 12.0. The summed E-state index contributed by atoms with van der Waals surface area (Å²) in [7, 11) is 2.39. The summed E-state index contributed by atoms with van der Waals surface area (Å²) < 4.78 is 1.08. The molecular formula is C14H29N2+. The lowest BCUT2D eigenvalue weighted by atomic mass is 9.98. The number of rotatable bonds is 5. The molecule has 0 aromatic rings. The van der Waals surface area contributed by atoms with Crippen LogP contribution in [0.25, 0.3) is 0 Å². The summed E-state index contributed by atoms with van der Waals surface area (Å²) in [4.78, 5) is 2.65. The molecule has 0 aromatic heterocycles. The molecule has 1 unspecified atom stereocenters. The van der Waals surface area contributed by atoms with Crippen molar-refractivity contribution < 1.29 is 4.48 Å². The third-order valence-corrected chi connectivity index (χ3v) is 4.70. The second-order valence-corrected chi connectivity index (χ2v) is 4.99. The van der Waals surface area contributed by atoms with Gasteiger partial charge in [0.15, 0.2) is 5.66 Å². The molecule has 1 heterocycles. The van der Waals surface area contributed by atoms with Crippen LogP contribution in [0.2, 0.25) is 0 Å². The van der Waals surface area contributed by atoms with E-state index in [0.29, 0.717) is 5.66 Å². The Labute approximate surface area is 102 Å². The fourth-order valence-electron chi connectivity index (χ4n) is 3.58. The van der Waals surface area contributed by atoms with Gasteiger partial charge in [-0.1, -0.05) is 20.8 Å². The van der Waals surface area contributed by atoms with Crippen LogP contribution in [-0.4, -0.2) is 35.2 Å². The van der Waals surface area contributed by atoms with Crippen LogP contribution in [0.4, 0.5) is 0 Å². The zero-order chi connectivity index (χ0) is 12.4. The first kappa shape index (κ1) is 13.6. The molecule has 0 bridgehead atoms. The molecule has 0 aliphatic carbocycles. The van der Waals surface area contributed by atoms with Gasteiger partial charge in [0.25, 0.3) is 0 Å². The molecular weight excluding hydrogens is 196 g/mol. The minimum atomic E-state index is 0.300. The topological polar surface area (TPSA) is 3.24 Å². The number of allylic oxidation sites excluding steroid dienone is 1. The summed E-state index contributed by atoms with van der Waals surface area (Å²) in [6.07, 6.45) is 6.10. The third-order valence-electron chi connectivity index (χ3n) is 4.70. The Morgan fingerprint density at radius 2 is 1.69 bits per heavy atom. The van der Waals surface area contributed by atoms with E-state index in [4.69, 9.17) is 0 Å². The van der Waals surface area contributed by atoms with Crippen LogP contribution in [0.5, 0.6) is 0 Å². The number of quaternary nitrogens is 1. The van der Waals surface area contributed by atoms with Crippen molar-refractivity contribution in [2.75, 3.05) is 20.1 Å². The lowest BCUT2D eigenvalue weighted by molar-refractivity contribution is -0.917. The van der Waals surface area contributed by atoms with Crippen molar-refractivity contribution >= 4 is 0 Å². The highest BCUT2D eigenvalue weighted by atomic mass is 15.5. The average Bonchev–Trinajstić information content (AvgIpc) is 2.58. The molecule has 16 heavy (non-hydrogen) atoms. The molecule has 94 valence electrons. The van der Waals surface area contributed by atoms with E-state index in [9.17, 15) is 0 Å². The molecule has 1 rings (SSSR count). The van der Waals surface area contributed by atoms with Crippen LogP contribution >= 0.6 is 0 Å². The van der Waals surface area contributed by atoms with Gasteiger partial charge < -0.3 is 4.90 Å². The Bertz CT molecular complexity index is 266.